The number of thioether (sulfide) groups is 1. The van der Waals surface area contributed by atoms with Crippen molar-refractivity contribution in [2.75, 3.05) is 12.5 Å². The summed E-state index contributed by atoms with van der Waals surface area (Å²) in [5.74, 6) is 0.929. The van der Waals surface area contributed by atoms with Gasteiger partial charge >= 0.3 is 5.97 Å². The Kier molecular flexibility index (Phi) is 6.36. The summed E-state index contributed by atoms with van der Waals surface area (Å²) in [6.07, 6.45) is 0. The Labute approximate surface area is 204 Å². The van der Waals surface area contributed by atoms with E-state index in [1.807, 2.05) is 53.1 Å². The number of para-hydroxylation sites is 1. The highest BCUT2D eigenvalue weighted by Crippen LogP contribution is 2.37. The van der Waals surface area contributed by atoms with E-state index < -0.39 is 5.97 Å². The third kappa shape index (κ3) is 4.97. The molecule has 4 aromatic rings. The Hall–Kier alpha value is -4.31. The second-order valence-corrected chi connectivity index (χ2v) is 8.56. The van der Waals surface area contributed by atoms with E-state index in [1.54, 1.807) is 12.1 Å². The molecule has 10 heteroatoms. The molecule has 1 aromatic heterocycles. The first-order valence-electron chi connectivity index (χ1n) is 10.7. The van der Waals surface area contributed by atoms with Gasteiger partial charge < -0.3 is 19.9 Å². The molecule has 0 spiro atoms. The Balaban J connectivity index is 1.31. The summed E-state index contributed by atoms with van der Waals surface area (Å²) in [6.45, 7) is 0.483. The van der Waals surface area contributed by atoms with Crippen molar-refractivity contribution in [2.24, 2.45) is 0 Å². The fourth-order valence-electron chi connectivity index (χ4n) is 3.54. The van der Waals surface area contributed by atoms with Crippen molar-refractivity contribution in [3.05, 3.63) is 83.9 Å². The van der Waals surface area contributed by atoms with Gasteiger partial charge in [0.1, 0.15) is 0 Å². The molecular formula is C25H20N4O5S. The third-order valence-corrected chi connectivity index (χ3v) is 6.23. The zero-order chi connectivity index (χ0) is 24.2. The maximum absolute atomic E-state index is 12.5. The second kappa shape index (κ2) is 9.90. The van der Waals surface area contributed by atoms with Crippen LogP contribution in [-0.4, -0.2) is 44.3 Å². The number of aromatic nitrogens is 3. The number of rotatable bonds is 8. The van der Waals surface area contributed by atoms with E-state index in [0.717, 1.165) is 16.8 Å². The van der Waals surface area contributed by atoms with Gasteiger partial charge in [0.2, 0.25) is 12.7 Å². The lowest BCUT2D eigenvalue weighted by atomic mass is 10.1. The van der Waals surface area contributed by atoms with E-state index in [2.05, 4.69) is 15.5 Å². The average Bonchev–Trinajstić information content (AvgIpc) is 3.53. The molecule has 2 N–H and O–H groups in total. The Morgan fingerprint density at radius 1 is 0.971 bits per heavy atom. The van der Waals surface area contributed by atoms with E-state index >= 15 is 0 Å². The fraction of sp³-hybridized carbons (Fsp3) is 0.120. The number of amides is 1. The molecule has 1 amide bonds. The van der Waals surface area contributed by atoms with Crippen molar-refractivity contribution in [1.82, 2.24) is 20.1 Å². The minimum absolute atomic E-state index is 0.138. The molecule has 0 bridgehead atoms. The number of hydrogen-bond donors (Lipinski definition) is 2. The number of hydrogen-bond acceptors (Lipinski definition) is 7. The number of carbonyl (C=O) groups is 2. The summed E-state index contributed by atoms with van der Waals surface area (Å²) in [7, 11) is 0. The lowest BCUT2D eigenvalue weighted by Crippen LogP contribution is -2.24. The number of ether oxygens (including phenoxy) is 2. The highest BCUT2D eigenvalue weighted by Gasteiger charge is 2.20. The van der Waals surface area contributed by atoms with E-state index in [9.17, 15) is 9.59 Å². The molecule has 0 radical (unpaired) electrons. The van der Waals surface area contributed by atoms with Crippen LogP contribution in [-0.2, 0) is 11.3 Å². The number of nitrogens with one attached hydrogen (secondary N) is 1. The van der Waals surface area contributed by atoms with Crippen LogP contribution in [0.1, 0.15) is 15.9 Å². The first-order chi connectivity index (χ1) is 17.1. The molecule has 176 valence electrons. The van der Waals surface area contributed by atoms with Gasteiger partial charge in [0, 0.05) is 17.8 Å². The summed E-state index contributed by atoms with van der Waals surface area (Å²) in [5, 5.41) is 21.2. The topological polar surface area (TPSA) is 116 Å². The maximum Gasteiger partial charge on any atom is 0.335 e. The third-order valence-electron chi connectivity index (χ3n) is 5.30. The molecule has 1 aliphatic heterocycles. The van der Waals surface area contributed by atoms with E-state index in [0.29, 0.717) is 29.0 Å². The number of aromatic carboxylic acids is 1. The molecule has 9 nitrogen and oxygen atoms in total. The molecule has 0 aliphatic carbocycles. The Bertz CT molecular complexity index is 1370. The summed E-state index contributed by atoms with van der Waals surface area (Å²) in [4.78, 5) is 23.5. The van der Waals surface area contributed by atoms with Gasteiger partial charge in [0.05, 0.1) is 11.3 Å². The monoisotopic (exact) mass is 488 g/mol. The number of benzene rings is 3. The molecule has 0 atom stereocenters. The van der Waals surface area contributed by atoms with Gasteiger partial charge in [-0.15, -0.1) is 10.2 Å². The molecular weight excluding hydrogens is 468 g/mol. The Morgan fingerprint density at radius 2 is 1.74 bits per heavy atom. The molecule has 0 unspecified atom stereocenters. The van der Waals surface area contributed by atoms with Crippen LogP contribution in [0.15, 0.2) is 78.0 Å². The largest absolute Gasteiger partial charge is 0.478 e. The molecule has 2 heterocycles. The van der Waals surface area contributed by atoms with Crippen LogP contribution in [0.4, 0.5) is 0 Å². The quantitative estimate of drug-likeness (QED) is 0.360. The van der Waals surface area contributed by atoms with E-state index in [-0.39, 0.29) is 24.0 Å². The molecule has 3 aromatic carbocycles. The van der Waals surface area contributed by atoms with E-state index in [4.69, 9.17) is 14.6 Å². The van der Waals surface area contributed by atoms with Crippen molar-refractivity contribution < 1.29 is 24.2 Å². The minimum Gasteiger partial charge on any atom is -0.478 e. The van der Waals surface area contributed by atoms with Crippen LogP contribution in [0.25, 0.3) is 17.1 Å². The predicted molar refractivity (Wildman–Crippen MR) is 129 cm³/mol. The van der Waals surface area contributed by atoms with Crippen LogP contribution in [0.3, 0.4) is 0 Å². The van der Waals surface area contributed by atoms with Gasteiger partial charge in [-0.25, -0.2) is 4.79 Å². The molecule has 5 rings (SSSR count). The second-order valence-electron chi connectivity index (χ2n) is 7.61. The SMILES string of the molecule is O=C(CSc1nnc(-c2ccc3c(c2)OCO3)n1-c1ccccc1)NCc1ccc(C(=O)O)cc1. The number of nitrogens with zero attached hydrogens (tertiary/aromatic N) is 3. The van der Waals surface area contributed by atoms with Crippen LogP contribution in [0.5, 0.6) is 11.5 Å². The number of carboxylic acids is 1. The number of carbonyl (C=O) groups excluding carboxylic acids is 1. The van der Waals surface area contributed by atoms with Crippen molar-refractivity contribution in [2.45, 2.75) is 11.7 Å². The van der Waals surface area contributed by atoms with Crippen molar-refractivity contribution >= 4 is 23.6 Å². The lowest BCUT2D eigenvalue weighted by Gasteiger charge is -2.11. The standard InChI is InChI=1S/C25H20N4O5S/c30-22(26-13-16-6-8-17(9-7-16)24(31)32)14-35-25-28-27-23(29(25)19-4-2-1-3-5-19)18-10-11-20-21(12-18)34-15-33-20/h1-12H,13-15H2,(H,26,30)(H,31,32). The number of carboxylic acid groups (broad SMARTS) is 1. The summed E-state index contributed by atoms with van der Waals surface area (Å²) in [5.41, 5.74) is 2.69. The first kappa shape index (κ1) is 22.5. The zero-order valence-electron chi connectivity index (χ0n) is 18.4. The Morgan fingerprint density at radius 3 is 2.51 bits per heavy atom. The first-order valence-corrected chi connectivity index (χ1v) is 11.7. The average molecular weight is 489 g/mol. The lowest BCUT2D eigenvalue weighted by molar-refractivity contribution is -0.118. The molecule has 0 fully saturated rings. The van der Waals surface area contributed by atoms with Crippen LogP contribution < -0.4 is 14.8 Å². The zero-order valence-corrected chi connectivity index (χ0v) is 19.2. The van der Waals surface area contributed by atoms with Gasteiger partial charge in [-0.3, -0.25) is 9.36 Å². The van der Waals surface area contributed by atoms with Crippen LogP contribution in [0.2, 0.25) is 0 Å². The smallest absolute Gasteiger partial charge is 0.335 e. The van der Waals surface area contributed by atoms with Gasteiger partial charge in [0.25, 0.3) is 0 Å². The van der Waals surface area contributed by atoms with Gasteiger partial charge in [0.15, 0.2) is 22.5 Å². The normalized spacial score (nSPS) is 11.9. The van der Waals surface area contributed by atoms with Crippen molar-refractivity contribution in [3.8, 4) is 28.6 Å². The van der Waals surface area contributed by atoms with Crippen LogP contribution >= 0.6 is 11.8 Å². The van der Waals surface area contributed by atoms with Crippen molar-refractivity contribution in [3.63, 3.8) is 0 Å². The molecule has 0 saturated heterocycles. The predicted octanol–water partition coefficient (Wildman–Crippen LogP) is 3.77. The highest BCUT2D eigenvalue weighted by molar-refractivity contribution is 7.99. The van der Waals surface area contributed by atoms with Gasteiger partial charge in [-0.1, -0.05) is 42.1 Å². The van der Waals surface area contributed by atoms with Crippen molar-refractivity contribution in [1.29, 1.82) is 0 Å². The molecule has 0 saturated carbocycles. The van der Waals surface area contributed by atoms with Gasteiger partial charge in [-0.2, -0.15) is 0 Å². The highest BCUT2D eigenvalue weighted by atomic mass is 32.2. The maximum atomic E-state index is 12.5. The van der Waals surface area contributed by atoms with E-state index in [1.165, 1.54) is 23.9 Å². The van der Waals surface area contributed by atoms with Gasteiger partial charge in [-0.05, 0) is 48.0 Å². The fourth-order valence-corrected chi connectivity index (χ4v) is 4.32. The minimum atomic E-state index is -0.986. The molecule has 35 heavy (non-hydrogen) atoms. The number of fused-ring (bicyclic) bond motifs is 1. The summed E-state index contributed by atoms with van der Waals surface area (Å²) < 4.78 is 12.8. The summed E-state index contributed by atoms with van der Waals surface area (Å²) >= 11 is 1.28. The summed E-state index contributed by atoms with van der Waals surface area (Å²) in [6, 6.07) is 21.7. The van der Waals surface area contributed by atoms with Crippen LogP contribution in [0, 0.1) is 0 Å². The molecule has 1 aliphatic rings.